The molecule has 1 aliphatic rings. The van der Waals surface area contributed by atoms with Crippen LogP contribution in [0.3, 0.4) is 0 Å². The summed E-state index contributed by atoms with van der Waals surface area (Å²) in [6.07, 6.45) is 0.220. The van der Waals surface area contributed by atoms with Gasteiger partial charge in [0.15, 0.2) is 0 Å². The molecule has 0 saturated carbocycles. The lowest BCUT2D eigenvalue weighted by Gasteiger charge is -2.20. The first-order valence-electron chi connectivity index (χ1n) is 8.79. The number of hydrogen-bond donors (Lipinski definition) is 0. The minimum Gasteiger partial charge on any atom is -0.424 e. The smallest absolute Gasteiger partial charge is 0.235 e. The minimum absolute atomic E-state index is 0.0253. The minimum atomic E-state index is -0.360. The maximum Gasteiger partial charge on any atom is 0.235 e. The largest absolute Gasteiger partial charge is 0.424 e. The van der Waals surface area contributed by atoms with Crippen molar-refractivity contribution in [3.8, 4) is 0 Å². The van der Waals surface area contributed by atoms with Crippen LogP contribution in [0.25, 0.3) is 0 Å². The van der Waals surface area contributed by atoms with Gasteiger partial charge in [0.05, 0.1) is 12.5 Å². The standard InChI is InChI=1S/C19H24N4O3/c1-12(2)14-5-7-16(8-6-14)23-10-15(9-18(23)24)19(25)22(4)11-17-21-20-13(3)26-17/h5-8,12,15H,9-11H2,1-4H3/t15-/m0/s1. The van der Waals surface area contributed by atoms with Crippen molar-refractivity contribution in [3.63, 3.8) is 0 Å². The van der Waals surface area contributed by atoms with Crippen molar-refractivity contribution in [3.05, 3.63) is 41.6 Å². The fraction of sp³-hybridized carbons (Fsp3) is 0.474. The molecule has 1 atom stereocenters. The van der Waals surface area contributed by atoms with Crippen LogP contribution in [0.5, 0.6) is 0 Å². The van der Waals surface area contributed by atoms with Crippen LogP contribution in [0, 0.1) is 12.8 Å². The van der Waals surface area contributed by atoms with Crippen molar-refractivity contribution in [1.82, 2.24) is 15.1 Å². The van der Waals surface area contributed by atoms with Gasteiger partial charge in [0.1, 0.15) is 0 Å². The Bertz CT molecular complexity index is 797. The van der Waals surface area contributed by atoms with E-state index in [0.29, 0.717) is 24.2 Å². The Kier molecular flexibility index (Phi) is 5.06. The van der Waals surface area contributed by atoms with Crippen molar-refractivity contribution in [1.29, 1.82) is 0 Å². The molecule has 1 saturated heterocycles. The fourth-order valence-electron chi connectivity index (χ4n) is 3.16. The van der Waals surface area contributed by atoms with E-state index in [1.807, 2.05) is 24.3 Å². The maximum absolute atomic E-state index is 12.7. The van der Waals surface area contributed by atoms with Crippen molar-refractivity contribution in [2.24, 2.45) is 5.92 Å². The molecule has 1 fully saturated rings. The molecule has 0 bridgehead atoms. The van der Waals surface area contributed by atoms with Crippen LogP contribution in [-0.4, -0.2) is 40.5 Å². The van der Waals surface area contributed by atoms with Gasteiger partial charge in [-0.25, -0.2) is 0 Å². The monoisotopic (exact) mass is 356 g/mol. The number of hydrogen-bond acceptors (Lipinski definition) is 5. The zero-order valence-electron chi connectivity index (χ0n) is 15.6. The van der Waals surface area contributed by atoms with Gasteiger partial charge in [0, 0.05) is 32.6 Å². The number of carbonyl (C=O) groups is 2. The highest BCUT2D eigenvalue weighted by atomic mass is 16.4. The van der Waals surface area contributed by atoms with Crippen molar-refractivity contribution in [2.45, 2.75) is 39.7 Å². The Balaban J connectivity index is 1.65. The molecule has 3 rings (SSSR count). The normalized spacial score (nSPS) is 17.2. The molecule has 0 aliphatic carbocycles. The van der Waals surface area contributed by atoms with E-state index in [1.54, 1.807) is 18.9 Å². The molecule has 138 valence electrons. The number of benzene rings is 1. The van der Waals surface area contributed by atoms with E-state index >= 15 is 0 Å². The molecule has 7 nitrogen and oxygen atoms in total. The fourth-order valence-corrected chi connectivity index (χ4v) is 3.16. The highest BCUT2D eigenvalue weighted by Gasteiger charge is 2.36. The summed E-state index contributed by atoms with van der Waals surface area (Å²) in [5, 5.41) is 7.67. The number of amides is 2. The van der Waals surface area contributed by atoms with E-state index in [4.69, 9.17) is 4.42 Å². The molecule has 1 aromatic carbocycles. The SMILES string of the molecule is Cc1nnc(CN(C)C(=O)[C@H]2CC(=O)N(c3ccc(C(C)C)cc3)C2)o1. The van der Waals surface area contributed by atoms with Gasteiger partial charge in [-0.3, -0.25) is 9.59 Å². The molecule has 0 unspecified atom stereocenters. The molecule has 1 aromatic heterocycles. The highest BCUT2D eigenvalue weighted by molar-refractivity contribution is 6.00. The van der Waals surface area contributed by atoms with E-state index < -0.39 is 0 Å². The molecule has 2 heterocycles. The van der Waals surface area contributed by atoms with Gasteiger partial charge in [-0.1, -0.05) is 26.0 Å². The highest BCUT2D eigenvalue weighted by Crippen LogP contribution is 2.28. The van der Waals surface area contributed by atoms with Crippen LogP contribution < -0.4 is 4.90 Å². The average molecular weight is 356 g/mol. The predicted octanol–water partition coefficient (Wildman–Crippen LogP) is 2.51. The Labute approximate surface area is 153 Å². The van der Waals surface area contributed by atoms with Crippen molar-refractivity contribution >= 4 is 17.5 Å². The summed E-state index contributed by atoms with van der Waals surface area (Å²) in [5.41, 5.74) is 2.06. The van der Waals surface area contributed by atoms with Crippen LogP contribution in [0.4, 0.5) is 5.69 Å². The second kappa shape index (κ2) is 7.27. The zero-order valence-corrected chi connectivity index (χ0v) is 15.6. The summed E-state index contributed by atoms with van der Waals surface area (Å²) < 4.78 is 5.32. The first-order chi connectivity index (χ1) is 12.3. The first-order valence-corrected chi connectivity index (χ1v) is 8.79. The van der Waals surface area contributed by atoms with E-state index in [-0.39, 0.29) is 30.7 Å². The van der Waals surface area contributed by atoms with Crippen LogP contribution in [-0.2, 0) is 16.1 Å². The van der Waals surface area contributed by atoms with Gasteiger partial charge < -0.3 is 14.2 Å². The number of anilines is 1. The Morgan fingerprint density at radius 3 is 2.58 bits per heavy atom. The molecule has 0 radical (unpaired) electrons. The van der Waals surface area contributed by atoms with E-state index in [1.165, 1.54) is 10.5 Å². The average Bonchev–Trinajstić information content (AvgIpc) is 3.19. The molecule has 2 aromatic rings. The zero-order chi connectivity index (χ0) is 18.8. The molecule has 0 spiro atoms. The van der Waals surface area contributed by atoms with E-state index in [2.05, 4.69) is 24.0 Å². The molecule has 26 heavy (non-hydrogen) atoms. The molecular formula is C19H24N4O3. The number of nitrogens with zero attached hydrogens (tertiary/aromatic N) is 4. The third-order valence-corrected chi connectivity index (χ3v) is 4.66. The lowest BCUT2D eigenvalue weighted by molar-refractivity contribution is -0.135. The van der Waals surface area contributed by atoms with Gasteiger partial charge in [-0.2, -0.15) is 0 Å². The second-order valence-electron chi connectivity index (χ2n) is 7.06. The summed E-state index contributed by atoms with van der Waals surface area (Å²) >= 11 is 0. The maximum atomic E-state index is 12.7. The van der Waals surface area contributed by atoms with Gasteiger partial charge >= 0.3 is 0 Å². The first kappa shape index (κ1) is 18.1. The molecular weight excluding hydrogens is 332 g/mol. The molecule has 0 N–H and O–H groups in total. The Hall–Kier alpha value is -2.70. The van der Waals surface area contributed by atoms with Crippen LogP contribution in [0.1, 0.15) is 43.5 Å². The quantitative estimate of drug-likeness (QED) is 0.822. The van der Waals surface area contributed by atoms with E-state index in [0.717, 1.165) is 5.69 Å². The van der Waals surface area contributed by atoms with Crippen molar-refractivity contribution in [2.75, 3.05) is 18.5 Å². The Morgan fingerprint density at radius 2 is 2.00 bits per heavy atom. The van der Waals surface area contributed by atoms with E-state index in [9.17, 15) is 9.59 Å². The van der Waals surface area contributed by atoms with Crippen molar-refractivity contribution < 1.29 is 14.0 Å². The summed E-state index contributed by atoms with van der Waals surface area (Å²) in [4.78, 5) is 28.3. The van der Waals surface area contributed by atoms with Crippen LogP contribution in [0.15, 0.2) is 28.7 Å². The molecule has 1 aliphatic heterocycles. The Morgan fingerprint density at radius 1 is 1.31 bits per heavy atom. The second-order valence-corrected chi connectivity index (χ2v) is 7.06. The molecule has 7 heteroatoms. The lowest BCUT2D eigenvalue weighted by atomic mass is 10.0. The topological polar surface area (TPSA) is 79.5 Å². The lowest BCUT2D eigenvalue weighted by Crippen LogP contribution is -2.34. The summed E-state index contributed by atoms with van der Waals surface area (Å²) in [5.74, 6) is 0.825. The van der Waals surface area contributed by atoms with Gasteiger partial charge in [0.2, 0.25) is 23.6 Å². The van der Waals surface area contributed by atoms with Crippen LogP contribution >= 0.6 is 0 Å². The molecule has 2 amide bonds. The third-order valence-electron chi connectivity index (χ3n) is 4.66. The van der Waals surface area contributed by atoms with Gasteiger partial charge in [-0.05, 0) is 23.6 Å². The third kappa shape index (κ3) is 3.76. The summed E-state index contributed by atoms with van der Waals surface area (Å²) in [6.45, 7) is 6.60. The van der Waals surface area contributed by atoms with Gasteiger partial charge in [-0.15, -0.1) is 10.2 Å². The predicted molar refractivity (Wildman–Crippen MR) is 96.5 cm³/mol. The summed E-state index contributed by atoms with van der Waals surface area (Å²) in [6, 6.07) is 7.97. The number of aromatic nitrogens is 2. The van der Waals surface area contributed by atoms with Crippen LogP contribution in [0.2, 0.25) is 0 Å². The number of carbonyl (C=O) groups excluding carboxylic acids is 2. The number of rotatable bonds is 5. The van der Waals surface area contributed by atoms with Gasteiger partial charge in [0.25, 0.3) is 0 Å². The number of aryl methyl sites for hydroxylation is 1. The summed E-state index contributed by atoms with van der Waals surface area (Å²) in [7, 11) is 1.69.